The molecule has 2 rings (SSSR count). The molecular weight excluding hydrogens is 299 g/mol. The van der Waals surface area contributed by atoms with E-state index < -0.39 is 0 Å². The fourth-order valence-corrected chi connectivity index (χ4v) is 2.41. The molecule has 0 N–H and O–H groups in total. The Hall–Kier alpha value is -2.03. The Morgan fingerprint density at radius 3 is 2.12 bits per heavy atom. The highest BCUT2D eigenvalue weighted by molar-refractivity contribution is 6.54. The molecule has 0 radical (unpaired) electrons. The summed E-state index contributed by atoms with van der Waals surface area (Å²) in [5, 5.41) is 8.88. The summed E-state index contributed by atoms with van der Waals surface area (Å²) in [5.41, 5.74) is 2.72. The van der Waals surface area contributed by atoms with E-state index in [0.717, 1.165) is 16.7 Å². The van der Waals surface area contributed by atoms with Gasteiger partial charge in [-0.25, -0.2) is 0 Å². The SMILES string of the molecule is C=C(c1ccc(C#N)cc1)N(C)C=C(C)B1OC(C)(C)C(C)(C)O1. The van der Waals surface area contributed by atoms with Crippen molar-refractivity contribution in [1.29, 1.82) is 5.26 Å². The van der Waals surface area contributed by atoms with E-state index >= 15 is 0 Å². The first kappa shape index (κ1) is 18.3. The molecule has 24 heavy (non-hydrogen) atoms. The maximum absolute atomic E-state index is 8.88. The Bertz CT molecular complexity index is 683. The minimum absolute atomic E-state index is 0.352. The minimum Gasteiger partial charge on any atom is -0.400 e. The summed E-state index contributed by atoms with van der Waals surface area (Å²) in [6.07, 6.45) is 1.97. The molecule has 0 amide bonds. The summed E-state index contributed by atoms with van der Waals surface area (Å²) >= 11 is 0. The van der Waals surface area contributed by atoms with Crippen molar-refractivity contribution in [2.45, 2.75) is 45.8 Å². The molecule has 1 fully saturated rings. The van der Waals surface area contributed by atoms with Crippen LogP contribution in [0.2, 0.25) is 0 Å². The predicted molar refractivity (Wildman–Crippen MR) is 97.8 cm³/mol. The molecule has 0 aliphatic carbocycles. The summed E-state index contributed by atoms with van der Waals surface area (Å²) in [4.78, 5) is 1.95. The van der Waals surface area contributed by atoms with Crippen LogP contribution in [0.25, 0.3) is 5.70 Å². The van der Waals surface area contributed by atoms with Crippen molar-refractivity contribution in [2.75, 3.05) is 7.05 Å². The maximum Gasteiger partial charge on any atom is 0.491 e. The Morgan fingerprint density at radius 2 is 1.67 bits per heavy atom. The van der Waals surface area contributed by atoms with Gasteiger partial charge in [0, 0.05) is 12.7 Å². The van der Waals surface area contributed by atoms with Crippen LogP contribution in [0.3, 0.4) is 0 Å². The molecule has 0 unspecified atom stereocenters. The quantitative estimate of drug-likeness (QED) is 0.786. The molecule has 0 aromatic heterocycles. The number of allylic oxidation sites excluding steroid dienone is 1. The van der Waals surface area contributed by atoms with Gasteiger partial charge in [-0.3, -0.25) is 0 Å². The molecule has 0 bridgehead atoms. The smallest absolute Gasteiger partial charge is 0.400 e. The van der Waals surface area contributed by atoms with Gasteiger partial charge >= 0.3 is 7.12 Å². The van der Waals surface area contributed by atoms with Crippen LogP contribution in [0.1, 0.15) is 45.7 Å². The summed E-state index contributed by atoms with van der Waals surface area (Å²) in [6, 6.07) is 9.50. The molecule has 1 aliphatic rings. The number of hydrogen-bond acceptors (Lipinski definition) is 4. The summed E-state index contributed by atoms with van der Waals surface area (Å²) < 4.78 is 12.1. The second-order valence-electron chi connectivity index (χ2n) is 7.21. The van der Waals surface area contributed by atoms with Crippen molar-refractivity contribution < 1.29 is 9.31 Å². The van der Waals surface area contributed by atoms with Gasteiger partial charge in [-0.1, -0.05) is 18.7 Å². The Labute approximate surface area is 145 Å². The van der Waals surface area contributed by atoms with Crippen molar-refractivity contribution >= 4 is 12.8 Å². The number of benzene rings is 1. The maximum atomic E-state index is 8.88. The summed E-state index contributed by atoms with van der Waals surface area (Å²) in [5.74, 6) is 0. The lowest BCUT2D eigenvalue weighted by Crippen LogP contribution is -2.41. The molecule has 1 aromatic carbocycles. The van der Waals surface area contributed by atoms with Crippen molar-refractivity contribution in [3.8, 4) is 6.07 Å². The molecular formula is C19H25BN2O2. The third-order valence-electron chi connectivity index (χ3n) is 4.80. The van der Waals surface area contributed by atoms with Gasteiger partial charge in [0.15, 0.2) is 0 Å². The predicted octanol–water partition coefficient (Wildman–Crippen LogP) is 4.00. The number of nitrogens with zero attached hydrogens (tertiary/aromatic N) is 2. The van der Waals surface area contributed by atoms with E-state index in [1.165, 1.54) is 0 Å². The highest BCUT2D eigenvalue weighted by Crippen LogP contribution is 2.38. The van der Waals surface area contributed by atoms with Crippen LogP contribution >= 0.6 is 0 Å². The average molecular weight is 324 g/mol. The molecule has 4 nitrogen and oxygen atoms in total. The van der Waals surface area contributed by atoms with Gasteiger partial charge in [-0.15, -0.1) is 0 Å². The molecule has 0 atom stereocenters. The fraction of sp³-hybridized carbons (Fsp3) is 0.421. The first-order valence-electron chi connectivity index (χ1n) is 8.03. The van der Waals surface area contributed by atoms with Gasteiger partial charge in [-0.2, -0.15) is 5.26 Å². The highest BCUT2D eigenvalue weighted by Gasteiger charge is 2.51. The first-order valence-corrected chi connectivity index (χ1v) is 8.03. The number of hydrogen-bond donors (Lipinski definition) is 0. The Kier molecular flexibility index (Phi) is 4.93. The van der Waals surface area contributed by atoms with Gasteiger partial charge in [-0.05, 0) is 64.0 Å². The van der Waals surface area contributed by atoms with E-state index in [1.54, 1.807) is 12.1 Å². The standard InChI is InChI=1S/C19H25BN2O2/c1-14(20-23-18(3,4)19(5,6)24-20)13-22(7)15(2)17-10-8-16(12-21)9-11-17/h8-11,13H,2H2,1,3-7H3. The average Bonchev–Trinajstić information content (AvgIpc) is 2.75. The second kappa shape index (κ2) is 6.47. The molecule has 1 heterocycles. The molecule has 0 spiro atoms. The van der Waals surface area contributed by atoms with Crippen molar-refractivity contribution in [2.24, 2.45) is 0 Å². The lowest BCUT2D eigenvalue weighted by molar-refractivity contribution is 0.00578. The number of rotatable bonds is 4. The fourth-order valence-electron chi connectivity index (χ4n) is 2.41. The van der Waals surface area contributed by atoms with E-state index in [4.69, 9.17) is 14.6 Å². The summed E-state index contributed by atoms with van der Waals surface area (Å²) in [7, 11) is 1.57. The molecule has 1 saturated heterocycles. The van der Waals surface area contributed by atoms with Gasteiger partial charge in [0.05, 0.1) is 22.8 Å². The third kappa shape index (κ3) is 3.56. The third-order valence-corrected chi connectivity index (χ3v) is 4.80. The topological polar surface area (TPSA) is 45.5 Å². The van der Waals surface area contributed by atoms with Crippen LogP contribution in [-0.4, -0.2) is 30.3 Å². The highest BCUT2D eigenvalue weighted by atomic mass is 16.7. The molecule has 1 aromatic rings. The van der Waals surface area contributed by atoms with Gasteiger partial charge in [0.1, 0.15) is 0 Å². The minimum atomic E-state index is -0.369. The second-order valence-corrected chi connectivity index (χ2v) is 7.21. The van der Waals surface area contributed by atoms with Crippen molar-refractivity contribution in [1.82, 2.24) is 4.90 Å². The number of nitriles is 1. The van der Waals surface area contributed by atoms with E-state index in [9.17, 15) is 0 Å². The van der Waals surface area contributed by atoms with Gasteiger partial charge < -0.3 is 14.2 Å². The zero-order valence-corrected chi connectivity index (χ0v) is 15.4. The van der Waals surface area contributed by atoms with Crippen molar-refractivity contribution in [3.05, 3.63) is 53.6 Å². The van der Waals surface area contributed by atoms with Crippen LogP contribution in [0.5, 0.6) is 0 Å². The molecule has 0 saturated carbocycles. The molecule has 1 aliphatic heterocycles. The van der Waals surface area contributed by atoms with Crippen LogP contribution in [0.15, 0.2) is 42.5 Å². The Balaban J connectivity index is 2.12. The van der Waals surface area contributed by atoms with Crippen LogP contribution in [-0.2, 0) is 9.31 Å². The molecule has 126 valence electrons. The zero-order chi connectivity index (χ0) is 18.1. The lowest BCUT2D eigenvalue weighted by Gasteiger charge is -2.32. The largest absolute Gasteiger partial charge is 0.491 e. The van der Waals surface area contributed by atoms with E-state index in [2.05, 4.69) is 12.6 Å². The lowest BCUT2D eigenvalue weighted by atomic mass is 9.80. The normalized spacial score (nSPS) is 19.0. The van der Waals surface area contributed by atoms with Crippen LogP contribution in [0, 0.1) is 11.3 Å². The summed E-state index contributed by atoms with van der Waals surface area (Å²) in [6.45, 7) is 14.3. The first-order chi connectivity index (χ1) is 11.1. The van der Waals surface area contributed by atoms with E-state index in [1.807, 2.05) is 64.9 Å². The van der Waals surface area contributed by atoms with Crippen molar-refractivity contribution in [3.63, 3.8) is 0 Å². The van der Waals surface area contributed by atoms with Crippen LogP contribution < -0.4 is 0 Å². The monoisotopic (exact) mass is 324 g/mol. The van der Waals surface area contributed by atoms with Crippen LogP contribution in [0.4, 0.5) is 0 Å². The van der Waals surface area contributed by atoms with Gasteiger partial charge in [0.2, 0.25) is 0 Å². The van der Waals surface area contributed by atoms with Gasteiger partial charge in [0.25, 0.3) is 0 Å². The Morgan fingerprint density at radius 1 is 1.17 bits per heavy atom. The zero-order valence-electron chi connectivity index (χ0n) is 15.4. The van der Waals surface area contributed by atoms with E-state index in [0.29, 0.717) is 5.56 Å². The van der Waals surface area contributed by atoms with E-state index in [-0.39, 0.29) is 18.3 Å². The molecule has 5 heteroatoms.